The zero-order chi connectivity index (χ0) is 24.2. The number of carboxylic acids is 1. The van der Waals surface area contributed by atoms with E-state index in [-0.39, 0.29) is 24.6 Å². The van der Waals surface area contributed by atoms with Gasteiger partial charge in [0.1, 0.15) is 18.1 Å². The first kappa shape index (κ1) is 22.9. The summed E-state index contributed by atoms with van der Waals surface area (Å²) in [6.07, 6.45) is 1.54. The molecule has 1 aromatic heterocycles. The Balaban J connectivity index is 1.46. The number of ether oxygens (including phenoxy) is 2. The normalized spacial score (nSPS) is 14.4. The Morgan fingerprint density at radius 1 is 1.12 bits per heavy atom. The first-order valence-corrected chi connectivity index (χ1v) is 10.4. The van der Waals surface area contributed by atoms with Gasteiger partial charge in [0, 0.05) is 5.02 Å². The Morgan fingerprint density at radius 2 is 1.88 bits per heavy atom. The zero-order valence-corrected chi connectivity index (χ0v) is 18.7. The minimum atomic E-state index is -1.17. The lowest BCUT2D eigenvalue weighted by Crippen LogP contribution is -2.30. The quantitative estimate of drug-likeness (QED) is 0.362. The van der Waals surface area contributed by atoms with Gasteiger partial charge >= 0.3 is 12.0 Å². The third kappa shape index (κ3) is 5.05. The Bertz CT molecular complexity index is 1280. The van der Waals surface area contributed by atoms with Gasteiger partial charge < -0.3 is 24.3 Å². The topological polar surface area (TPSA) is 118 Å². The summed E-state index contributed by atoms with van der Waals surface area (Å²) in [7, 11) is 1.46. The van der Waals surface area contributed by atoms with Crippen LogP contribution in [0.3, 0.4) is 0 Å². The lowest BCUT2D eigenvalue weighted by molar-refractivity contribution is -0.123. The van der Waals surface area contributed by atoms with Gasteiger partial charge in [0.15, 0.2) is 11.5 Å². The highest BCUT2D eigenvalue weighted by molar-refractivity contribution is 6.30. The highest BCUT2D eigenvalue weighted by Gasteiger charge is 2.33. The van der Waals surface area contributed by atoms with Gasteiger partial charge in [-0.15, -0.1) is 0 Å². The molecule has 1 aliphatic heterocycles. The molecule has 4 rings (SSSR count). The molecule has 3 aromatic rings. The summed E-state index contributed by atoms with van der Waals surface area (Å²) in [6.45, 7) is 0.115. The molecule has 2 aromatic carbocycles. The molecule has 3 amide bonds. The minimum absolute atomic E-state index is 0.00171. The second-order valence-corrected chi connectivity index (χ2v) is 7.71. The molecule has 0 unspecified atom stereocenters. The van der Waals surface area contributed by atoms with Crippen LogP contribution in [-0.2, 0) is 17.9 Å². The summed E-state index contributed by atoms with van der Waals surface area (Å²) >= 11 is 5.88. The van der Waals surface area contributed by atoms with E-state index in [0.29, 0.717) is 27.8 Å². The Hall–Kier alpha value is -4.24. The van der Waals surface area contributed by atoms with Crippen LogP contribution in [0.15, 0.2) is 64.7 Å². The third-order valence-electron chi connectivity index (χ3n) is 4.96. The average molecular weight is 483 g/mol. The standard InChI is InChI=1S/C24H19ClN2O7/c1-32-21-11-15(4-8-19(21)33-13-17-7-9-20(34-17)23(29)30)10-18-22(28)27(24(31)26-18)12-14-2-5-16(25)6-3-14/h2-11H,12-13H2,1H3,(H,26,31)(H,29,30). The summed E-state index contributed by atoms with van der Waals surface area (Å²) < 4.78 is 16.2. The summed E-state index contributed by atoms with van der Waals surface area (Å²) in [4.78, 5) is 37.1. The Kier molecular flexibility index (Phi) is 6.55. The predicted molar refractivity (Wildman–Crippen MR) is 122 cm³/mol. The molecule has 0 saturated carbocycles. The average Bonchev–Trinajstić information content (AvgIpc) is 3.40. The van der Waals surface area contributed by atoms with Crippen LogP contribution in [0.25, 0.3) is 6.08 Å². The highest BCUT2D eigenvalue weighted by atomic mass is 35.5. The molecule has 34 heavy (non-hydrogen) atoms. The summed E-state index contributed by atoms with van der Waals surface area (Å²) in [6, 6.07) is 14.2. The number of carboxylic acid groups (broad SMARTS) is 1. The molecule has 2 heterocycles. The SMILES string of the molecule is COc1cc(C=C2NC(=O)N(Cc3ccc(Cl)cc3)C2=O)ccc1OCc1ccc(C(=O)O)o1. The monoisotopic (exact) mass is 482 g/mol. The van der Waals surface area contributed by atoms with Crippen molar-refractivity contribution in [3.8, 4) is 11.5 Å². The number of hydrogen-bond acceptors (Lipinski definition) is 6. The number of nitrogens with one attached hydrogen (secondary N) is 1. The van der Waals surface area contributed by atoms with Crippen LogP contribution in [0.4, 0.5) is 4.79 Å². The van der Waals surface area contributed by atoms with Crippen LogP contribution >= 0.6 is 11.6 Å². The van der Waals surface area contributed by atoms with Gasteiger partial charge in [-0.2, -0.15) is 0 Å². The van der Waals surface area contributed by atoms with E-state index in [1.807, 2.05) is 0 Å². The number of benzene rings is 2. The van der Waals surface area contributed by atoms with E-state index in [1.54, 1.807) is 48.5 Å². The van der Waals surface area contributed by atoms with Crippen molar-refractivity contribution in [3.63, 3.8) is 0 Å². The van der Waals surface area contributed by atoms with Crippen molar-refractivity contribution in [3.05, 3.63) is 88.0 Å². The van der Waals surface area contributed by atoms with Crippen LogP contribution in [0.1, 0.15) is 27.4 Å². The maximum Gasteiger partial charge on any atom is 0.371 e. The maximum atomic E-state index is 12.8. The number of imide groups is 1. The number of carbonyl (C=O) groups excluding carboxylic acids is 2. The molecule has 1 fully saturated rings. The van der Waals surface area contributed by atoms with Crippen LogP contribution in [0, 0.1) is 0 Å². The molecule has 2 N–H and O–H groups in total. The van der Waals surface area contributed by atoms with Gasteiger partial charge in [0.25, 0.3) is 5.91 Å². The van der Waals surface area contributed by atoms with Crippen molar-refractivity contribution in [1.82, 2.24) is 10.2 Å². The van der Waals surface area contributed by atoms with Crippen molar-refractivity contribution in [2.24, 2.45) is 0 Å². The lowest BCUT2D eigenvalue weighted by atomic mass is 10.1. The second-order valence-electron chi connectivity index (χ2n) is 7.28. The molecule has 0 bridgehead atoms. The van der Waals surface area contributed by atoms with Gasteiger partial charge in [-0.3, -0.25) is 9.69 Å². The van der Waals surface area contributed by atoms with E-state index in [1.165, 1.54) is 19.2 Å². The predicted octanol–water partition coefficient (Wildman–Crippen LogP) is 4.31. The van der Waals surface area contributed by atoms with Crippen molar-refractivity contribution in [2.45, 2.75) is 13.2 Å². The summed E-state index contributed by atoms with van der Waals surface area (Å²) in [5, 5.41) is 12.1. The molecule has 10 heteroatoms. The number of halogens is 1. The number of urea groups is 1. The van der Waals surface area contributed by atoms with E-state index >= 15 is 0 Å². The summed E-state index contributed by atoms with van der Waals surface area (Å²) in [5.74, 6) is -0.683. The molecule has 174 valence electrons. The molecular weight excluding hydrogens is 464 g/mol. The van der Waals surface area contributed by atoms with Crippen LogP contribution < -0.4 is 14.8 Å². The van der Waals surface area contributed by atoms with E-state index < -0.39 is 17.9 Å². The van der Waals surface area contributed by atoms with Gasteiger partial charge in [-0.1, -0.05) is 29.8 Å². The number of rotatable bonds is 8. The fourth-order valence-electron chi connectivity index (χ4n) is 3.27. The van der Waals surface area contributed by atoms with E-state index in [9.17, 15) is 14.4 Å². The number of carbonyl (C=O) groups is 3. The molecule has 0 atom stereocenters. The van der Waals surface area contributed by atoms with Crippen LogP contribution in [0.2, 0.25) is 5.02 Å². The van der Waals surface area contributed by atoms with Crippen molar-refractivity contribution < 1.29 is 33.4 Å². The first-order chi connectivity index (χ1) is 16.3. The molecular formula is C24H19ClN2O7. The number of methoxy groups -OCH3 is 1. The van der Waals surface area contributed by atoms with E-state index in [4.69, 9.17) is 30.6 Å². The van der Waals surface area contributed by atoms with Gasteiger partial charge in [-0.25, -0.2) is 9.59 Å². The van der Waals surface area contributed by atoms with Gasteiger partial charge in [0.2, 0.25) is 5.76 Å². The fourth-order valence-corrected chi connectivity index (χ4v) is 3.39. The van der Waals surface area contributed by atoms with E-state index in [0.717, 1.165) is 10.5 Å². The van der Waals surface area contributed by atoms with E-state index in [2.05, 4.69) is 5.32 Å². The molecule has 9 nitrogen and oxygen atoms in total. The van der Waals surface area contributed by atoms with Crippen LogP contribution in [0.5, 0.6) is 11.5 Å². The van der Waals surface area contributed by atoms with Crippen molar-refractivity contribution in [1.29, 1.82) is 0 Å². The number of hydrogen-bond donors (Lipinski definition) is 2. The zero-order valence-electron chi connectivity index (χ0n) is 17.9. The smallest absolute Gasteiger partial charge is 0.371 e. The number of furan rings is 1. The van der Waals surface area contributed by atoms with Crippen molar-refractivity contribution in [2.75, 3.05) is 7.11 Å². The number of nitrogens with zero attached hydrogens (tertiary/aromatic N) is 1. The van der Waals surface area contributed by atoms with Crippen molar-refractivity contribution >= 4 is 35.6 Å². The number of amides is 3. The Labute approximate surface area is 199 Å². The molecule has 1 saturated heterocycles. The molecule has 0 aliphatic carbocycles. The second kappa shape index (κ2) is 9.72. The highest BCUT2D eigenvalue weighted by Crippen LogP contribution is 2.30. The minimum Gasteiger partial charge on any atom is -0.493 e. The first-order valence-electron chi connectivity index (χ1n) is 10.1. The molecule has 1 aliphatic rings. The maximum absolute atomic E-state index is 12.8. The molecule has 0 spiro atoms. The van der Waals surface area contributed by atoms with Gasteiger partial charge in [-0.05, 0) is 53.6 Å². The third-order valence-corrected chi connectivity index (χ3v) is 5.21. The Morgan fingerprint density at radius 3 is 2.56 bits per heavy atom. The van der Waals surface area contributed by atoms with Crippen LogP contribution in [-0.4, -0.2) is 35.0 Å². The lowest BCUT2D eigenvalue weighted by Gasteiger charge is -2.12. The molecule has 0 radical (unpaired) electrons. The fraction of sp³-hybridized carbons (Fsp3) is 0.125. The van der Waals surface area contributed by atoms with Gasteiger partial charge in [0.05, 0.1) is 13.7 Å². The number of aromatic carboxylic acids is 1. The summed E-state index contributed by atoms with van der Waals surface area (Å²) in [5.41, 5.74) is 1.50. The largest absolute Gasteiger partial charge is 0.493 e.